The first-order valence-corrected chi connectivity index (χ1v) is 8.84. The van der Waals surface area contributed by atoms with Crippen molar-refractivity contribution in [1.82, 2.24) is 10.2 Å². The molecule has 3 aliphatic rings. The molecular weight excluding hydrogens is 344 g/mol. The van der Waals surface area contributed by atoms with Gasteiger partial charge in [-0.3, -0.25) is 9.79 Å². The van der Waals surface area contributed by atoms with E-state index in [1.807, 2.05) is 30.4 Å². The van der Waals surface area contributed by atoms with E-state index in [0.29, 0.717) is 36.5 Å². The molecule has 2 N–H and O–H groups in total. The summed E-state index contributed by atoms with van der Waals surface area (Å²) in [7, 11) is 0. The summed E-state index contributed by atoms with van der Waals surface area (Å²) in [5.41, 5.74) is 2.86. The molecule has 138 valence electrons. The van der Waals surface area contributed by atoms with Crippen LogP contribution in [0.25, 0.3) is 0 Å². The quantitative estimate of drug-likeness (QED) is 0.852. The van der Waals surface area contributed by atoms with Gasteiger partial charge in [0.1, 0.15) is 5.82 Å². The van der Waals surface area contributed by atoms with Crippen LogP contribution < -0.4 is 10.2 Å². The van der Waals surface area contributed by atoms with Crippen molar-refractivity contribution >= 4 is 23.7 Å². The number of hydrogen-bond acceptors (Lipinski definition) is 5. The normalized spacial score (nSPS) is 19.2. The monoisotopic (exact) mass is 364 g/mol. The van der Waals surface area contributed by atoms with Crippen molar-refractivity contribution in [2.75, 3.05) is 24.5 Å². The minimum absolute atomic E-state index is 0.00826. The smallest absolute Gasteiger partial charge is 0.330 e. The van der Waals surface area contributed by atoms with E-state index in [1.165, 1.54) is 6.08 Å². The van der Waals surface area contributed by atoms with Gasteiger partial charge in [0.05, 0.1) is 31.1 Å². The molecule has 1 aromatic rings. The highest BCUT2D eigenvalue weighted by Crippen LogP contribution is 2.31. The first-order valence-electron chi connectivity index (χ1n) is 8.84. The summed E-state index contributed by atoms with van der Waals surface area (Å²) in [6.07, 6.45) is 7.39. The fourth-order valence-electron chi connectivity index (χ4n) is 3.44. The molecule has 0 fully saturated rings. The lowest BCUT2D eigenvalue weighted by Gasteiger charge is -2.40. The number of urea groups is 1. The van der Waals surface area contributed by atoms with Crippen LogP contribution in [0.2, 0.25) is 0 Å². The molecule has 0 unspecified atom stereocenters. The van der Waals surface area contributed by atoms with Crippen molar-refractivity contribution in [3.63, 3.8) is 0 Å². The van der Waals surface area contributed by atoms with Gasteiger partial charge in [-0.1, -0.05) is 30.4 Å². The van der Waals surface area contributed by atoms with Crippen LogP contribution in [0.5, 0.6) is 0 Å². The van der Waals surface area contributed by atoms with Crippen LogP contribution in [0.4, 0.5) is 10.5 Å². The van der Waals surface area contributed by atoms with E-state index in [1.54, 1.807) is 22.1 Å². The summed E-state index contributed by atoms with van der Waals surface area (Å²) in [6.45, 7) is 1.15. The molecule has 3 aliphatic heterocycles. The summed E-state index contributed by atoms with van der Waals surface area (Å²) in [5, 5.41) is 13.0. The SMILES string of the molecule is O=C1C=C(CN2CC3=C(NCC=C3)N(c3ccccc3CO)C2=O)N=CC1. The third kappa shape index (κ3) is 3.29. The number of ketones is 1. The van der Waals surface area contributed by atoms with Crippen molar-refractivity contribution in [1.29, 1.82) is 0 Å². The van der Waals surface area contributed by atoms with Crippen molar-refractivity contribution in [3.8, 4) is 0 Å². The van der Waals surface area contributed by atoms with E-state index in [-0.39, 0.29) is 25.0 Å². The van der Waals surface area contributed by atoms with Crippen LogP contribution in [0.15, 0.2) is 64.6 Å². The maximum absolute atomic E-state index is 13.3. The minimum Gasteiger partial charge on any atom is -0.392 e. The maximum Gasteiger partial charge on any atom is 0.330 e. The largest absolute Gasteiger partial charge is 0.392 e. The highest BCUT2D eigenvalue weighted by molar-refractivity contribution is 6.02. The molecule has 27 heavy (non-hydrogen) atoms. The lowest BCUT2D eigenvalue weighted by atomic mass is 10.1. The second kappa shape index (κ2) is 7.20. The number of carbonyl (C=O) groups is 2. The van der Waals surface area contributed by atoms with Gasteiger partial charge in [-0.2, -0.15) is 0 Å². The minimum atomic E-state index is -0.216. The molecule has 0 radical (unpaired) electrons. The van der Waals surface area contributed by atoms with Gasteiger partial charge in [0.15, 0.2) is 5.78 Å². The second-order valence-electron chi connectivity index (χ2n) is 6.54. The molecule has 7 heteroatoms. The summed E-state index contributed by atoms with van der Waals surface area (Å²) in [5.74, 6) is 0.725. The third-order valence-electron chi connectivity index (χ3n) is 4.69. The Balaban J connectivity index is 1.72. The van der Waals surface area contributed by atoms with Crippen LogP contribution in [0, 0.1) is 0 Å². The van der Waals surface area contributed by atoms with Gasteiger partial charge in [-0.15, -0.1) is 0 Å². The van der Waals surface area contributed by atoms with Crippen molar-refractivity contribution < 1.29 is 14.7 Å². The number of aliphatic hydroxyl groups excluding tert-OH is 1. The Hall–Kier alpha value is -3.19. The summed E-state index contributed by atoms with van der Waals surface area (Å²) >= 11 is 0. The zero-order chi connectivity index (χ0) is 18.8. The Bertz CT molecular complexity index is 914. The Morgan fingerprint density at radius 1 is 1.22 bits per heavy atom. The van der Waals surface area contributed by atoms with E-state index in [4.69, 9.17) is 0 Å². The zero-order valence-corrected chi connectivity index (χ0v) is 14.8. The van der Waals surface area contributed by atoms with Gasteiger partial charge in [0.2, 0.25) is 0 Å². The Morgan fingerprint density at radius 2 is 2.07 bits per heavy atom. The molecule has 4 rings (SSSR count). The number of benzene rings is 1. The van der Waals surface area contributed by atoms with Gasteiger partial charge in [-0.05, 0) is 6.07 Å². The van der Waals surface area contributed by atoms with E-state index >= 15 is 0 Å². The van der Waals surface area contributed by atoms with Crippen LogP contribution >= 0.6 is 0 Å². The number of amides is 2. The van der Waals surface area contributed by atoms with Crippen LogP contribution in [-0.4, -0.2) is 47.7 Å². The number of rotatable bonds is 4. The van der Waals surface area contributed by atoms with E-state index < -0.39 is 0 Å². The van der Waals surface area contributed by atoms with Gasteiger partial charge < -0.3 is 15.3 Å². The predicted octanol–water partition coefficient (Wildman–Crippen LogP) is 1.72. The fourth-order valence-corrected chi connectivity index (χ4v) is 3.44. The molecule has 0 aromatic heterocycles. The Morgan fingerprint density at radius 3 is 2.89 bits per heavy atom. The average Bonchev–Trinajstić information content (AvgIpc) is 2.69. The Labute approximate surface area is 157 Å². The number of aliphatic hydroxyl groups is 1. The number of nitrogens with zero attached hydrogens (tertiary/aromatic N) is 3. The number of allylic oxidation sites excluding steroid dienone is 1. The van der Waals surface area contributed by atoms with Crippen LogP contribution in [-0.2, 0) is 11.4 Å². The van der Waals surface area contributed by atoms with Gasteiger partial charge in [0.25, 0.3) is 0 Å². The molecule has 0 saturated heterocycles. The zero-order valence-electron chi connectivity index (χ0n) is 14.8. The molecule has 0 atom stereocenters. The molecule has 0 aliphatic carbocycles. The van der Waals surface area contributed by atoms with Gasteiger partial charge in [0, 0.05) is 36.4 Å². The number of carbonyl (C=O) groups excluding carboxylic acids is 2. The average molecular weight is 364 g/mol. The molecule has 0 bridgehead atoms. The summed E-state index contributed by atoms with van der Waals surface area (Å²) in [4.78, 5) is 32.5. The molecule has 0 spiro atoms. The van der Waals surface area contributed by atoms with Crippen molar-refractivity contribution in [3.05, 3.63) is 65.1 Å². The van der Waals surface area contributed by atoms with Crippen LogP contribution in [0.1, 0.15) is 12.0 Å². The van der Waals surface area contributed by atoms with Gasteiger partial charge >= 0.3 is 6.03 Å². The number of dihydropyridines is 1. The van der Waals surface area contributed by atoms with E-state index in [9.17, 15) is 14.7 Å². The number of nitrogens with one attached hydrogen (secondary N) is 1. The molecule has 3 heterocycles. The van der Waals surface area contributed by atoms with E-state index in [0.717, 1.165) is 11.4 Å². The van der Waals surface area contributed by atoms with Crippen molar-refractivity contribution in [2.24, 2.45) is 4.99 Å². The molecule has 2 amide bonds. The predicted molar refractivity (Wildman–Crippen MR) is 102 cm³/mol. The Kier molecular flexibility index (Phi) is 4.60. The van der Waals surface area contributed by atoms with Crippen molar-refractivity contribution in [2.45, 2.75) is 13.0 Å². The number of hydrogen-bond donors (Lipinski definition) is 2. The second-order valence-corrected chi connectivity index (χ2v) is 6.54. The summed E-state index contributed by atoms with van der Waals surface area (Å²) < 4.78 is 0. The number of para-hydroxylation sites is 1. The first-order chi connectivity index (χ1) is 13.2. The number of aliphatic imine (C=N–C) groups is 1. The van der Waals surface area contributed by atoms with Crippen LogP contribution in [0.3, 0.4) is 0 Å². The lowest BCUT2D eigenvalue weighted by molar-refractivity contribution is -0.113. The highest BCUT2D eigenvalue weighted by Gasteiger charge is 2.35. The maximum atomic E-state index is 13.3. The topological polar surface area (TPSA) is 85.2 Å². The third-order valence-corrected chi connectivity index (χ3v) is 4.69. The number of anilines is 1. The molecule has 0 saturated carbocycles. The first kappa shape index (κ1) is 17.2. The lowest BCUT2D eigenvalue weighted by Crippen LogP contribution is -2.53. The standard InChI is InChI=1S/C20H20N4O3/c25-13-15-4-1-2-6-18(15)24-19-14(5-3-8-22-19)11-23(20(24)27)12-16-10-17(26)7-9-21-16/h1-6,9-10,22,25H,7-8,11-13H2. The molecule has 7 nitrogen and oxygen atoms in total. The highest BCUT2D eigenvalue weighted by atomic mass is 16.3. The van der Waals surface area contributed by atoms with Gasteiger partial charge in [-0.25, -0.2) is 9.69 Å². The molecular formula is C20H20N4O3. The fraction of sp³-hybridized carbons (Fsp3) is 0.250. The van der Waals surface area contributed by atoms with E-state index in [2.05, 4.69) is 10.3 Å². The molecule has 1 aromatic carbocycles. The summed E-state index contributed by atoms with van der Waals surface area (Å²) in [6, 6.07) is 7.07.